The summed E-state index contributed by atoms with van der Waals surface area (Å²) < 4.78 is 142. The predicted octanol–water partition coefficient (Wildman–Crippen LogP) is 12.1. The Bertz CT molecular complexity index is 1650. The molecule has 0 saturated heterocycles. The summed E-state index contributed by atoms with van der Waals surface area (Å²) >= 11 is 0. The van der Waals surface area contributed by atoms with E-state index in [1.165, 1.54) is 10.6 Å². The third kappa shape index (κ3) is 14.3. The Morgan fingerprint density at radius 3 is 1.05 bits per heavy atom. The van der Waals surface area contributed by atoms with Gasteiger partial charge in [-0.15, -0.1) is 0 Å². The molecule has 0 atom stereocenters. The van der Waals surface area contributed by atoms with Crippen molar-refractivity contribution < 1.29 is 63.7 Å². The minimum atomic E-state index is -6.97. The molecule has 2 amide bonds. The molecule has 2 N–H and O–H groups in total. The summed E-state index contributed by atoms with van der Waals surface area (Å²) in [5.74, 6) is -30.3. The van der Waals surface area contributed by atoms with Crippen molar-refractivity contribution in [1.29, 1.82) is 0 Å². The second kappa shape index (κ2) is 21.1. The lowest BCUT2D eigenvalue weighted by molar-refractivity contribution is -0.347. The number of carbonyl (C=O) groups is 2. The van der Waals surface area contributed by atoms with Crippen LogP contribution in [0.2, 0.25) is 0 Å². The van der Waals surface area contributed by atoms with Gasteiger partial charge in [-0.1, -0.05) is 39.8 Å². The van der Waals surface area contributed by atoms with Crippen molar-refractivity contribution in [3.63, 3.8) is 0 Å². The molecule has 0 bridgehead atoms. The highest BCUT2D eigenvalue weighted by Crippen LogP contribution is 2.53. The van der Waals surface area contributed by atoms with Crippen LogP contribution in [-0.2, 0) is 22.4 Å². The average Bonchev–Trinajstić information content (AvgIpc) is 3.18. The first-order valence-corrected chi connectivity index (χ1v) is 21.4. The monoisotopic (exact) mass is 896 g/mol. The molecule has 16 heteroatoms. The number of amides is 2. The molecule has 0 spiro atoms. The normalized spacial score (nSPS) is 13.4. The number of benzene rings is 2. The van der Waals surface area contributed by atoms with Crippen LogP contribution in [0.5, 0.6) is 23.0 Å². The molecule has 354 valence electrons. The van der Waals surface area contributed by atoms with Crippen molar-refractivity contribution in [2.45, 2.75) is 193 Å². The predicted molar refractivity (Wildman–Crippen MR) is 225 cm³/mol. The summed E-state index contributed by atoms with van der Waals surface area (Å²) in [6, 6.07) is 10.4. The lowest BCUT2D eigenvalue weighted by atomic mass is 9.97. The van der Waals surface area contributed by atoms with Crippen molar-refractivity contribution in [3.05, 3.63) is 47.5 Å². The number of alkyl halides is 8. The maximum absolute atomic E-state index is 14.7. The molecule has 0 radical (unpaired) electrons. The highest BCUT2D eigenvalue weighted by atomic mass is 19.4. The van der Waals surface area contributed by atoms with E-state index >= 15 is 0 Å². The van der Waals surface area contributed by atoms with Gasteiger partial charge in [0.1, 0.15) is 45.4 Å². The topological polar surface area (TPSA) is 95.1 Å². The fourth-order valence-corrected chi connectivity index (χ4v) is 5.51. The van der Waals surface area contributed by atoms with E-state index in [-0.39, 0.29) is 38.5 Å². The number of rotatable bonds is 27. The Morgan fingerprint density at radius 2 is 0.758 bits per heavy atom. The molecule has 0 heterocycles. The van der Waals surface area contributed by atoms with Crippen LogP contribution >= 0.6 is 0 Å². The maximum atomic E-state index is 14.7. The Balaban J connectivity index is 2.04. The van der Waals surface area contributed by atoms with Gasteiger partial charge in [-0.2, -0.15) is 35.1 Å². The number of hydrogen-bond acceptors (Lipinski definition) is 6. The number of aryl methyl sites for hydroxylation is 2. The van der Waals surface area contributed by atoms with Crippen molar-refractivity contribution in [2.24, 2.45) is 0 Å². The van der Waals surface area contributed by atoms with Gasteiger partial charge in [0.05, 0.1) is 0 Å². The second-order valence-electron chi connectivity index (χ2n) is 18.1. The fraction of sp³-hybridized carbons (Fsp3) is 0.696. The van der Waals surface area contributed by atoms with E-state index in [1.54, 1.807) is 36.4 Å². The first kappa shape index (κ1) is 54.2. The fourth-order valence-electron chi connectivity index (χ4n) is 5.51. The van der Waals surface area contributed by atoms with Gasteiger partial charge in [-0.25, -0.2) is 0 Å². The van der Waals surface area contributed by atoms with Crippen LogP contribution in [0.4, 0.5) is 35.1 Å². The van der Waals surface area contributed by atoms with E-state index in [0.717, 1.165) is 12.8 Å². The van der Waals surface area contributed by atoms with Gasteiger partial charge >= 0.3 is 23.7 Å². The van der Waals surface area contributed by atoms with Gasteiger partial charge in [0.15, 0.2) is 0 Å². The van der Waals surface area contributed by atoms with Crippen molar-refractivity contribution in [2.75, 3.05) is 13.1 Å². The molecule has 0 unspecified atom stereocenters. The number of carbonyl (C=O) groups excluding carboxylic acids is 2. The van der Waals surface area contributed by atoms with E-state index in [1.807, 2.05) is 83.1 Å². The number of unbranched alkanes of at least 4 members (excludes halogenated alkanes) is 2. The van der Waals surface area contributed by atoms with E-state index < -0.39 is 71.0 Å². The highest BCUT2D eigenvalue weighted by Gasteiger charge is 2.84. The molecule has 2 aromatic rings. The summed E-state index contributed by atoms with van der Waals surface area (Å²) in [6.45, 7) is 21.7. The van der Waals surface area contributed by atoms with Crippen LogP contribution < -0.4 is 29.6 Å². The zero-order valence-corrected chi connectivity index (χ0v) is 38.4. The maximum Gasteiger partial charge on any atom is 0.392 e. The Labute approximate surface area is 362 Å². The summed E-state index contributed by atoms with van der Waals surface area (Å²) in [4.78, 5) is 24.4. The third-order valence-corrected chi connectivity index (χ3v) is 11.1. The zero-order valence-electron chi connectivity index (χ0n) is 38.4. The Kier molecular flexibility index (Phi) is 18.5. The molecule has 0 aliphatic rings. The number of ether oxygens (including phenoxy) is 4. The van der Waals surface area contributed by atoms with Gasteiger partial charge in [0, 0.05) is 25.2 Å². The SMILES string of the molecule is CCC(C)(C)Oc1ccc(CCCCNC(=O)C(F)(F)C(F)(F)C(F)(F)C(F)(F)C(=O)NCCCCc2ccc(OC(C)(C)CC)cc2OC(C)(C)CC)c(OC(C)(C)CC)c1. The molecule has 0 aliphatic heterocycles. The number of nitrogens with one attached hydrogen (secondary N) is 2. The van der Waals surface area contributed by atoms with Crippen molar-refractivity contribution in [1.82, 2.24) is 10.6 Å². The molecular formula is C46H68F8N2O6. The van der Waals surface area contributed by atoms with Gasteiger partial charge in [0.25, 0.3) is 11.8 Å². The second-order valence-corrected chi connectivity index (χ2v) is 18.1. The van der Waals surface area contributed by atoms with E-state index in [9.17, 15) is 44.7 Å². The van der Waals surface area contributed by atoms with E-state index in [2.05, 4.69) is 0 Å². The summed E-state index contributed by atoms with van der Waals surface area (Å²) in [6.07, 6.45) is 3.54. The highest BCUT2D eigenvalue weighted by molar-refractivity contribution is 5.87. The van der Waals surface area contributed by atoms with E-state index in [0.29, 0.717) is 47.0 Å². The number of halogens is 8. The minimum Gasteiger partial charge on any atom is -0.488 e. The van der Waals surface area contributed by atoms with Crippen molar-refractivity contribution >= 4 is 11.8 Å². The molecule has 0 aromatic heterocycles. The molecule has 0 fully saturated rings. The molecule has 2 aromatic carbocycles. The molecule has 8 nitrogen and oxygen atoms in total. The molecule has 0 aliphatic carbocycles. The lowest BCUT2D eigenvalue weighted by Gasteiger charge is -2.35. The Morgan fingerprint density at radius 1 is 0.468 bits per heavy atom. The van der Waals surface area contributed by atoms with Crippen LogP contribution in [0.3, 0.4) is 0 Å². The first-order chi connectivity index (χ1) is 28.3. The zero-order chi connectivity index (χ0) is 47.6. The summed E-state index contributed by atoms with van der Waals surface area (Å²) in [5, 5.41) is 2.91. The minimum absolute atomic E-state index is 0.0812. The van der Waals surface area contributed by atoms with E-state index in [4.69, 9.17) is 18.9 Å². The molecule has 2 rings (SSSR count). The summed E-state index contributed by atoms with van der Waals surface area (Å²) in [5.41, 5.74) is -0.681. The lowest BCUT2D eigenvalue weighted by Crippen LogP contribution is -2.69. The van der Waals surface area contributed by atoms with Gasteiger partial charge < -0.3 is 29.6 Å². The third-order valence-electron chi connectivity index (χ3n) is 11.1. The quantitative estimate of drug-likeness (QED) is 0.0685. The standard InChI is InChI=1S/C46H68F8N2O6/c1-13-39(5,6)59-33-25-23-31(35(29-33)61-41(9,10)15-3)21-17-19-27-55-37(57)43(47,48)45(51,52)46(53,54)44(49,50)38(58)56-28-20-18-22-32-24-26-34(60-40(7,8)14-2)30-36(32)62-42(11,12)16-4/h23-26,29-30H,13-22,27-28H2,1-12H3,(H,55,57)(H,56,58). The van der Waals surface area contributed by atoms with Crippen molar-refractivity contribution in [3.8, 4) is 23.0 Å². The number of hydrogen-bond donors (Lipinski definition) is 2. The molecule has 62 heavy (non-hydrogen) atoms. The Hall–Kier alpha value is -3.98. The van der Waals surface area contributed by atoms with Crippen LogP contribution in [0, 0.1) is 0 Å². The van der Waals surface area contributed by atoms with Gasteiger partial charge in [-0.05, 0) is 143 Å². The first-order valence-electron chi connectivity index (χ1n) is 21.4. The van der Waals surface area contributed by atoms with Crippen LogP contribution in [0.15, 0.2) is 36.4 Å². The summed E-state index contributed by atoms with van der Waals surface area (Å²) in [7, 11) is 0. The average molecular weight is 897 g/mol. The molecular weight excluding hydrogens is 828 g/mol. The van der Waals surface area contributed by atoms with Crippen LogP contribution in [0.25, 0.3) is 0 Å². The largest absolute Gasteiger partial charge is 0.488 e. The smallest absolute Gasteiger partial charge is 0.392 e. The molecule has 0 saturated carbocycles. The van der Waals surface area contributed by atoms with Crippen LogP contribution in [0.1, 0.15) is 146 Å². The van der Waals surface area contributed by atoms with Crippen LogP contribution in [-0.4, -0.2) is 71.0 Å². The van der Waals surface area contributed by atoms with Gasteiger partial charge in [-0.3, -0.25) is 9.59 Å². The van der Waals surface area contributed by atoms with Gasteiger partial charge in [0.2, 0.25) is 0 Å².